The highest BCUT2D eigenvalue weighted by Crippen LogP contribution is 2.56. The minimum Gasteiger partial charge on any atom is -0.170 e. The Bertz CT molecular complexity index is 143. The van der Waals surface area contributed by atoms with E-state index in [1.807, 2.05) is 0 Å². The zero-order chi connectivity index (χ0) is 11.1. The number of alkyl halides is 9. The van der Waals surface area contributed by atoms with Gasteiger partial charge in [-0.15, -0.1) is 0 Å². The molecule has 79 valence electrons. The quantitative estimate of drug-likeness (QED) is 0.559. The summed E-state index contributed by atoms with van der Waals surface area (Å²) in [6.07, 6.45) is -4.99. The van der Waals surface area contributed by atoms with Gasteiger partial charge in [-0.3, -0.25) is 0 Å². The van der Waals surface area contributed by atoms with Gasteiger partial charge in [0.2, 0.25) is 7.59 Å². The lowest BCUT2D eigenvalue weighted by Gasteiger charge is -2.30. The van der Waals surface area contributed by atoms with Gasteiger partial charge in [-0.05, 0) is 0 Å². The molecule has 0 spiro atoms. The van der Waals surface area contributed by atoms with Crippen molar-refractivity contribution >= 4 is 69.6 Å². The molecule has 9 heteroatoms. The zero-order valence-corrected chi connectivity index (χ0v) is 9.94. The molecular formula is C4Cl6F3. The van der Waals surface area contributed by atoms with Gasteiger partial charge in [-0.25, -0.2) is 0 Å². The Hall–Kier alpha value is 1.53. The van der Waals surface area contributed by atoms with Crippen LogP contribution in [-0.2, 0) is 0 Å². The van der Waals surface area contributed by atoms with E-state index in [0.717, 1.165) is 0 Å². The SMILES string of the molecule is FC(F)(F)[C](C(Cl)(Cl)Cl)C(Cl)(Cl)Cl. The van der Waals surface area contributed by atoms with Gasteiger partial charge in [0.05, 0.1) is 0 Å². The molecule has 0 aliphatic carbocycles. The Balaban J connectivity index is 5.02. The molecule has 0 heterocycles. The zero-order valence-electron chi connectivity index (χ0n) is 5.40. The number of rotatable bonds is 0. The first-order valence-corrected chi connectivity index (χ1v) is 4.72. The van der Waals surface area contributed by atoms with E-state index in [2.05, 4.69) is 0 Å². The van der Waals surface area contributed by atoms with Crippen LogP contribution in [0.5, 0.6) is 0 Å². The molecular weight excluding hydrogens is 318 g/mol. The third kappa shape index (κ3) is 4.72. The summed E-state index contributed by atoms with van der Waals surface area (Å²) in [4.78, 5) is 0. The van der Waals surface area contributed by atoms with Gasteiger partial charge >= 0.3 is 6.18 Å². The average Bonchev–Trinajstić information content (AvgIpc) is 1.44. The molecule has 0 N–H and O–H groups in total. The highest BCUT2D eigenvalue weighted by Gasteiger charge is 2.62. The first kappa shape index (κ1) is 14.5. The summed E-state index contributed by atoms with van der Waals surface area (Å²) in [7, 11) is 0. The monoisotopic (exact) mass is 315 g/mol. The van der Waals surface area contributed by atoms with Crippen molar-refractivity contribution in [2.45, 2.75) is 13.8 Å². The number of halogens is 9. The molecule has 0 aromatic heterocycles. The summed E-state index contributed by atoms with van der Waals surface area (Å²) >= 11 is 29.9. The van der Waals surface area contributed by atoms with Crippen molar-refractivity contribution in [3.05, 3.63) is 5.92 Å². The lowest BCUT2D eigenvalue weighted by molar-refractivity contribution is -0.115. The standard InChI is InChI=1S/C4Cl6F3/c5-2(6,7)1(3(8,9)10)4(11,12)13. The van der Waals surface area contributed by atoms with E-state index >= 15 is 0 Å². The highest BCUT2D eigenvalue weighted by atomic mass is 35.6. The maximum atomic E-state index is 12.2. The summed E-state index contributed by atoms with van der Waals surface area (Å²) in [5.41, 5.74) is 0. The van der Waals surface area contributed by atoms with Crippen LogP contribution in [0.2, 0.25) is 0 Å². The summed E-state index contributed by atoms with van der Waals surface area (Å²) in [5, 5.41) is 0. The predicted molar refractivity (Wildman–Crippen MR) is 49.9 cm³/mol. The fourth-order valence-corrected chi connectivity index (χ4v) is 2.41. The van der Waals surface area contributed by atoms with Gasteiger partial charge in [0.25, 0.3) is 0 Å². The van der Waals surface area contributed by atoms with E-state index in [1.54, 1.807) is 0 Å². The molecule has 0 fully saturated rings. The second kappa shape index (κ2) is 4.18. The molecule has 0 aliphatic rings. The third-order valence-corrected chi connectivity index (χ3v) is 1.98. The molecule has 0 atom stereocenters. The fourth-order valence-electron chi connectivity index (χ4n) is 0.482. The normalized spacial score (nSPS) is 15.2. The van der Waals surface area contributed by atoms with Crippen LogP contribution < -0.4 is 0 Å². The van der Waals surface area contributed by atoms with E-state index in [4.69, 9.17) is 69.6 Å². The van der Waals surface area contributed by atoms with Crippen molar-refractivity contribution in [2.75, 3.05) is 0 Å². The van der Waals surface area contributed by atoms with Gasteiger partial charge in [0.15, 0.2) is 5.92 Å². The Morgan fingerprint density at radius 3 is 0.923 bits per heavy atom. The van der Waals surface area contributed by atoms with E-state index in [9.17, 15) is 13.2 Å². The summed E-state index contributed by atoms with van der Waals surface area (Å²) in [6, 6.07) is 0. The third-order valence-electron chi connectivity index (χ3n) is 0.850. The topological polar surface area (TPSA) is 0 Å². The van der Waals surface area contributed by atoms with Crippen LogP contribution >= 0.6 is 69.6 Å². The molecule has 0 aliphatic heterocycles. The van der Waals surface area contributed by atoms with Crippen molar-refractivity contribution < 1.29 is 13.2 Å². The van der Waals surface area contributed by atoms with Crippen molar-refractivity contribution in [1.82, 2.24) is 0 Å². The maximum Gasteiger partial charge on any atom is 0.403 e. The predicted octanol–water partition coefficient (Wildman–Crippen LogP) is 4.86. The van der Waals surface area contributed by atoms with Crippen LogP contribution in [0.1, 0.15) is 0 Å². The molecule has 0 aromatic carbocycles. The Labute approximate surface area is 102 Å². The molecule has 0 nitrogen and oxygen atoms in total. The second-order valence-corrected chi connectivity index (χ2v) is 6.43. The molecule has 13 heavy (non-hydrogen) atoms. The highest BCUT2D eigenvalue weighted by molar-refractivity contribution is 6.75. The van der Waals surface area contributed by atoms with Crippen molar-refractivity contribution in [3.63, 3.8) is 0 Å². The minimum atomic E-state index is -4.99. The summed E-state index contributed by atoms with van der Waals surface area (Å²) < 4.78 is 30.9. The number of hydrogen-bond donors (Lipinski definition) is 0. The molecule has 0 bridgehead atoms. The lowest BCUT2D eigenvalue weighted by atomic mass is 10.2. The molecule has 0 amide bonds. The van der Waals surface area contributed by atoms with Gasteiger partial charge in [-0.2, -0.15) is 13.2 Å². The summed E-state index contributed by atoms with van der Waals surface area (Å²) in [6.45, 7) is 0. The van der Waals surface area contributed by atoms with Gasteiger partial charge in [0, 0.05) is 0 Å². The van der Waals surface area contributed by atoms with Gasteiger partial charge < -0.3 is 0 Å². The molecule has 0 saturated carbocycles. The van der Waals surface area contributed by atoms with Crippen molar-refractivity contribution in [1.29, 1.82) is 0 Å². The van der Waals surface area contributed by atoms with Crippen LogP contribution in [0.4, 0.5) is 13.2 Å². The van der Waals surface area contributed by atoms with Crippen LogP contribution in [0.3, 0.4) is 0 Å². The van der Waals surface area contributed by atoms with Gasteiger partial charge in [-0.1, -0.05) is 69.6 Å². The van der Waals surface area contributed by atoms with Crippen LogP contribution in [0, 0.1) is 5.92 Å². The fraction of sp³-hybridized carbons (Fsp3) is 0.750. The van der Waals surface area contributed by atoms with Gasteiger partial charge in [0.1, 0.15) is 0 Å². The van der Waals surface area contributed by atoms with E-state index in [0.29, 0.717) is 0 Å². The van der Waals surface area contributed by atoms with Crippen LogP contribution in [-0.4, -0.2) is 13.8 Å². The van der Waals surface area contributed by atoms with Crippen molar-refractivity contribution in [2.24, 2.45) is 0 Å². The number of hydrogen-bond acceptors (Lipinski definition) is 0. The Morgan fingerprint density at radius 1 is 0.692 bits per heavy atom. The molecule has 0 unspecified atom stereocenters. The van der Waals surface area contributed by atoms with Crippen molar-refractivity contribution in [3.8, 4) is 0 Å². The molecule has 0 rings (SSSR count). The van der Waals surface area contributed by atoms with Crippen LogP contribution in [0.25, 0.3) is 0 Å². The maximum absolute atomic E-state index is 12.2. The molecule has 0 aromatic rings. The molecule has 1 radical (unpaired) electrons. The second-order valence-electron chi connectivity index (χ2n) is 1.87. The Kier molecular flexibility index (Phi) is 4.68. The first-order valence-electron chi connectivity index (χ1n) is 2.45. The Morgan fingerprint density at radius 2 is 0.923 bits per heavy atom. The summed E-state index contributed by atoms with van der Waals surface area (Å²) in [5.74, 6) is -1.76. The minimum absolute atomic E-state index is 1.76. The van der Waals surface area contributed by atoms with E-state index in [-0.39, 0.29) is 0 Å². The molecule has 0 saturated heterocycles. The van der Waals surface area contributed by atoms with Crippen LogP contribution in [0.15, 0.2) is 0 Å². The van der Waals surface area contributed by atoms with E-state index < -0.39 is 19.7 Å². The largest absolute Gasteiger partial charge is 0.403 e. The lowest BCUT2D eigenvalue weighted by Crippen LogP contribution is -2.41. The van der Waals surface area contributed by atoms with E-state index in [1.165, 1.54) is 0 Å². The average molecular weight is 318 g/mol. The first-order chi connectivity index (χ1) is 5.37. The smallest absolute Gasteiger partial charge is 0.170 e.